The highest BCUT2D eigenvalue weighted by atomic mass is 15.1. The van der Waals surface area contributed by atoms with E-state index < -0.39 is 0 Å². The van der Waals surface area contributed by atoms with Crippen molar-refractivity contribution in [3.63, 3.8) is 0 Å². The van der Waals surface area contributed by atoms with Crippen molar-refractivity contribution >= 4 is 0 Å². The van der Waals surface area contributed by atoms with Gasteiger partial charge in [0.2, 0.25) is 0 Å². The maximum absolute atomic E-state index is 4.33. The zero-order chi connectivity index (χ0) is 10.8. The Hall–Kier alpha value is -1.57. The second-order valence-electron chi connectivity index (χ2n) is 3.77. The Labute approximate surface area is 90.6 Å². The Bertz CT molecular complexity index is 469. The lowest BCUT2D eigenvalue weighted by molar-refractivity contribution is 0.965. The molecular formula is C13H16N2. The van der Waals surface area contributed by atoms with Crippen LogP contribution in [0.1, 0.15) is 23.9 Å². The molecule has 0 aliphatic carbocycles. The van der Waals surface area contributed by atoms with Crippen LogP contribution in [0, 0.1) is 13.8 Å². The zero-order valence-corrected chi connectivity index (χ0v) is 9.49. The Morgan fingerprint density at radius 1 is 1.20 bits per heavy atom. The van der Waals surface area contributed by atoms with E-state index in [4.69, 9.17) is 0 Å². The van der Waals surface area contributed by atoms with Gasteiger partial charge in [0.25, 0.3) is 0 Å². The van der Waals surface area contributed by atoms with Gasteiger partial charge in [0.05, 0.1) is 12.0 Å². The molecule has 2 heteroatoms. The summed E-state index contributed by atoms with van der Waals surface area (Å²) in [6.45, 7) is 6.33. The van der Waals surface area contributed by atoms with Crippen LogP contribution in [0.5, 0.6) is 0 Å². The summed E-state index contributed by atoms with van der Waals surface area (Å²) in [5.74, 6) is 0. The van der Waals surface area contributed by atoms with Crippen molar-refractivity contribution in [2.45, 2.75) is 27.2 Å². The minimum absolute atomic E-state index is 1.05. The second kappa shape index (κ2) is 3.89. The molecule has 0 amide bonds. The van der Waals surface area contributed by atoms with Crippen LogP contribution in [0.25, 0.3) is 5.69 Å². The Morgan fingerprint density at radius 3 is 2.53 bits per heavy atom. The maximum Gasteiger partial charge on any atom is 0.0997 e. The highest BCUT2D eigenvalue weighted by Crippen LogP contribution is 2.18. The summed E-state index contributed by atoms with van der Waals surface area (Å²) in [5, 5.41) is 0. The van der Waals surface area contributed by atoms with Gasteiger partial charge in [-0.1, -0.05) is 25.1 Å². The molecule has 1 aromatic heterocycles. The van der Waals surface area contributed by atoms with Gasteiger partial charge in [-0.05, 0) is 31.9 Å². The molecule has 2 aromatic rings. The first kappa shape index (κ1) is 9.97. The van der Waals surface area contributed by atoms with Crippen molar-refractivity contribution in [2.24, 2.45) is 0 Å². The lowest BCUT2D eigenvalue weighted by atomic mass is 10.1. The van der Waals surface area contributed by atoms with Crippen molar-refractivity contribution < 1.29 is 0 Å². The fourth-order valence-electron chi connectivity index (χ4n) is 1.79. The molecule has 0 saturated carbocycles. The van der Waals surface area contributed by atoms with E-state index in [1.54, 1.807) is 0 Å². The molecule has 0 aliphatic rings. The predicted octanol–water partition coefficient (Wildman–Crippen LogP) is 3.05. The lowest BCUT2D eigenvalue weighted by Gasteiger charge is -2.10. The third-order valence-corrected chi connectivity index (χ3v) is 2.88. The van der Waals surface area contributed by atoms with Gasteiger partial charge in [0.15, 0.2) is 0 Å². The van der Waals surface area contributed by atoms with Gasteiger partial charge >= 0.3 is 0 Å². The molecule has 0 unspecified atom stereocenters. The minimum atomic E-state index is 1.05. The van der Waals surface area contributed by atoms with Crippen molar-refractivity contribution in [1.29, 1.82) is 0 Å². The highest BCUT2D eigenvalue weighted by molar-refractivity contribution is 5.42. The summed E-state index contributed by atoms with van der Waals surface area (Å²) in [4.78, 5) is 4.33. The fourth-order valence-corrected chi connectivity index (χ4v) is 1.79. The van der Waals surface area contributed by atoms with Crippen LogP contribution in [0.4, 0.5) is 0 Å². The Morgan fingerprint density at radius 2 is 1.93 bits per heavy atom. The van der Waals surface area contributed by atoms with Crippen molar-refractivity contribution in [2.75, 3.05) is 0 Å². The van der Waals surface area contributed by atoms with Crippen LogP contribution in [0.2, 0.25) is 0 Å². The Balaban J connectivity index is 2.58. The predicted molar refractivity (Wildman–Crippen MR) is 62.4 cm³/mol. The van der Waals surface area contributed by atoms with E-state index in [1.165, 1.54) is 16.9 Å². The van der Waals surface area contributed by atoms with Crippen molar-refractivity contribution in [3.8, 4) is 5.69 Å². The summed E-state index contributed by atoms with van der Waals surface area (Å²) in [5.41, 5.74) is 4.92. The number of rotatable bonds is 2. The van der Waals surface area contributed by atoms with Gasteiger partial charge in [0.1, 0.15) is 0 Å². The third kappa shape index (κ3) is 1.67. The summed E-state index contributed by atoms with van der Waals surface area (Å²) in [6.07, 6.45) is 2.95. The third-order valence-electron chi connectivity index (χ3n) is 2.88. The van der Waals surface area contributed by atoms with Crippen LogP contribution in [-0.4, -0.2) is 9.55 Å². The molecule has 0 bridgehead atoms. The average Bonchev–Trinajstić information content (AvgIpc) is 2.60. The molecular weight excluding hydrogens is 184 g/mol. The van der Waals surface area contributed by atoms with Crippen molar-refractivity contribution in [1.82, 2.24) is 9.55 Å². The van der Waals surface area contributed by atoms with E-state index in [-0.39, 0.29) is 0 Å². The number of aromatic nitrogens is 2. The standard InChI is InChI=1S/C13H16N2/c1-4-12-7-5-6-8-13(12)15-9-14-10(2)11(15)3/h5-9H,4H2,1-3H3. The molecule has 0 aliphatic heterocycles. The number of hydrogen-bond acceptors (Lipinski definition) is 1. The van der Waals surface area contributed by atoms with Gasteiger partial charge in [-0.2, -0.15) is 0 Å². The summed E-state index contributed by atoms with van der Waals surface area (Å²) in [6, 6.07) is 8.47. The van der Waals surface area contributed by atoms with Gasteiger partial charge in [0, 0.05) is 11.4 Å². The van der Waals surface area contributed by atoms with E-state index in [0.717, 1.165) is 12.1 Å². The van der Waals surface area contributed by atoms with Gasteiger partial charge < -0.3 is 4.57 Å². The smallest absolute Gasteiger partial charge is 0.0997 e. The quantitative estimate of drug-likeness (QED) is 0.728. The fraction of sp³-hybridized carbons (Fsp3) is 0.308. The van der Waals surface area contributed by atoms with Gasteiger partial charge in [-0.15, -0.1) is 0 Å². The number of para-hydroxylation sites is 1. The normalized spacial score (nSPS) is 10.6. The summed E-state index contributed by atoms with van der Waals surface area (Å²) < 4.78 is 2.16. The molecule has 0 saturated heterocycles. The van der Waals surface area contributed by atoms with Crippen molar-refractivity contribution in [3.05, 3.63) is 47.5 Å². The molecule has 0 radical (unpaired) electrons. The molecule has 0 spiro atoms. The molecule has 0 atom stereocenters. The van der Waals surface area contributed by atoms with Crippen LogP contribution in [0.15, 0.2) is 30.6 Å². The topological polar surface area (TPSA) is 17.8 Å². The van der Waals surface area contributed by atoms with Crippen LogP contribution in [0.3, 0.4) is 0 Å². The van der Waals surface area contributed by atoms with Gasteiger partial charge in [-0.25, -0.2) is 4.98 Å². The minimum Gasteiger partial charge on any atom is -0.303 e. The van der Waals surface area contributed by atoms with E-state index in [0.29, 0.717) is 0 Å². The number of hydrogen-bond donors (Lipinski definition) is 0. The average molecular weight is 200 g/mol. The SMILES string of the molecule is CCc1ccccc1-n1cnc(C)c1C. The molecule has 15 heavy (non-hydrogen) atoms. The molecule has 2 nitrogen and oxygen atoms in total. The van der Waals surface area contributed by atoms with E-state index in [2.05, 4.69) is 47.7 Å². The Kier molecular flexibility index (Phi) is 2.58. The molecule has 2 rings (SSSR count). The van der Waals surface area contributed by atoms with E-state index >= 15 is 0 Å². The molecule has 0 fully saturated rings. The zero-order valence-electron chi connectivity index (χ0n) is 9.49. The highest BCUT2D eigenvalue weighted by Gasteiger charge is 2.06. The van der Waals surface area contributed by atoms with E-state index in [9.17, 15) is 0 Å². The molecule has 1 heterocycles. The molecule has 1 aromatic carbocycles. The molecule has 78 valence electrons. The monoisotopic (exact) mass is 200 g/mol. The van der Waals surface area contributed by atoms with Crippen LogP contribution >= 0.6 is 0 Å². The second-order valence-corrected chi connectivity index (χ2v) is 3.77. The van der Waals surface area contributed by atoms with Gasteiger partial charge in [-0.3, -0.25) is 0 Å². The number of aryl methyl sites for hydroxylation is 2. The summed E-state index contributed by atoms with van der Waals surface area (Å²) >= 11 is 0. The van der Waals surface area contributed by atoms with Crippen LogP contribution < -0.4 is 0 Å². The summed E-state index contributed by atoms with van der Waals surface area (Å²) in [7, 11) is 0. The number of benzene rings is 1. The first-order valence-corrected chi connectivity index (χ1v) is 5.33. The maximum atomic E-state index is 4.33. The first-order chi connectivity index (χ1) is 7.24. The number of nitrogens with zero attached hydrogens (tertiary/aromatic N) is 2. The first-order valence-electron chi connectivity index (χ1n) is 5.33. The largest absolute Gasteiger partial charge is 0.303 e. The van der Waals surface area contributed by atoms with Crippen LogP contribution in [-0.2, 0) is 6.42 Å². The lowest BCUT2D eigenvalue weighted by Crippen LogP contribution is -1.99. The number of imidazole rings is 1. The van der Waals surface area contributed by atoms with E-state index in [1.807, 2.05) is 13.3 Å². The molecule has 0 N–H and O–H groups in total.